The molecule has 2 saturated heterocycles. The number of thiophene rings is 1. The van der Waals surface area contributed by atoms with Crippen LogP contribution in [0.1, 0.15) is 41.0 Å². The summed E-state index contributed by atoms with van der Waals surface area (Å²) in [5.74, 6) is -1.66. The molecule has 2 amide bonds. The number of anilines is 1. The molecule has 2 unspecified atom stereocenters. The van der Waals surface area contributed by atoms with Gasteiger partial charge in [-0.05, 0) is 55.6 Å². The molecule has 166 valence electrons. The summed E-state index contributed by atoms with van der Waals surface area (Å²) in [6.45, 7) is 4.04. The van der Waals surface area contributed by atoms with Crippen LogP contribution >= 0.6 is 22.9 Å². The molecule has 2 fully saturated rings. The number of hydrogen-bond donors (Lipinski definition) is 1. The van der Waals surface area contributed by atoms with Gasteiger partial charge in [0.1, 0.15) is 0 Å². The van der Waals surface area contributed by atoms with Crippen LogP contribution in [0.4, 0.5) is 5.69 Å². The molecule has 2 aliphatic rings. The van der Waals surface area contributed by atoms with Crippen LogP contribution < -0.4 is 9.62 Å². The van der Waals surface area contributed by atoms with Gasteiger partial charge in [0.25, 0.3) is 5.91 Å². The molecule has 0 aliphatic carbocycles. The summed E-state index contributed by atoms with van der Waals surface area (Å²) in [6.07, 6.45) is 2.31. The van der Waals surface area contributed by atoms with Gasteiger partial charge in [-0.25, -0.2) is 12.7 Å². The standard InChI is InChI=1S/C21H24ClN3O4S2/c1-14-13-31(28,29)25(21(14)27)15-6-7-16(17(22)11-15)20(26)23-12-18(19-5-4-10-30-19)24-8-2-3-9-24/h4-7,10-11,14,18H,2-3,8-9,12-13H2,1H3,(H,23,26). The molecular formula is C21H24ClN3O4S2. The van der Waals surface area contributed by atoms with Crippen LogP contribution in [0.3, 0.4) is 0 Å². The van der Waals surface area contributed by atoms with Gasteiger partial charge in [0.05, 0.1) is 34.0 Å². The van der Waals surface area contributed by atoms with E-state index in [1.165, 1.54) is 23.1 Å². The summed E-state index contributed by atoms with van der Waals surface area (Å²) in [7, 11) is -3.72. The van der Waals surface area contributed by atoms with Crippen molar-refractivity contribution in [2.24, 2.45) is 5.92 Å². The molecule has 0 bridgehead atoms. The molecule has 7 nitrogen and oxygen atoms in total. The normalized spacial score (nSPS) is 22.1. The second kappa shape index (κ2) is 8.90. The number of likely N-dealkylation sites (tertiary alicyclic amines) is 1. The highest BCUT2D eigenvalue weighted by Crippen LogP contribution is 2.32. The lowest BCUT2D eigenvalue weighted by molar-refractivity contribution is -0.119. The Kier molecular flexibility index (Phi) is 6.39. The molecular weight excluding hydrogens is 458 g/mol. The first-order chi connectivity index (χ1) is 14.8. The molecule has 1 aromatic heterocycles. The Balaban J connectivity index is 1.49. The molecule has 2 aromatic rings. The first-order valence-corrected chi connectivity index (χ1v) is 13.1. The minimum absolute atomic E-state index is 0.103. The Morgan fingerprint density at radius 1 is 1.29 bits per heavy atom. The molecule has 31 heavy (non-hydrogen) atoms. The van der Waals surface area contributed by atoms with Crippen molar-refractivity contribution in [2.75, 3.05) is 29.7 Å². The highest BCUT2D eigenvalue weighted by molar-refractivity contribution is 7.94. The molecule has 4 rings (SSSR count). The summed E-state index contributed by atoms with van der Waals surface area (Å²) in [4.78, 5) is 28.7. The smallest absolute Gasteiger partial charge is 0.252 e. The Hall–Kier alpha value is -1.94. The number of hydrogen-bond acceptors (Lipinski definition) is 6. The number of nitrogens with one attached hydrogen (secondary N) is 1. The first kappa shape index (κ1) is 22.3. The van der Waals surface area contributed by atoms with Crippen molar-refractivity contribution in [1.82, 2.24) is 10.2 Å². The SMILES string of the molecule is CC1CS(=O)(=O)N(c2ccc(C(=O)NCC(c3cccs3)N3CCCC3)c(Cl)c2)C1=O. The van der Waals surface area contributed by atoms with E-state index in [-0.39, 0.29) is 34.0 Å². The summed E-state index contributed by atoms with van der Waals surface area (Å²) in [5, 5.41) is 5.10. The number of carbonyl (C=O) groups is 2. The van der Waals surface area contributed by atoms with Gasteiger partial charge < -0.3 is 5.32 Å². The Labute approximate surface area is 191 Å². The van der Waals surface area contributed by atoms with Crippen molar-refractivity contribution in [3.8, 4) is 0 Å². The lowest BCUT2D eigenvalue weighted by Gasteiger charge is -2.27. The van der Waals surface area contributed by atoms with E-state index in [0.29, 0.717) is 6.54 Å². The average molecular weight is 482 g/mol. The maximum atomic E-state index is 12.8. The van der Waals surface area contributed by atoms with Gasteiger partial charge in [-0.15, -0.1) is 11.3 Å². The van der Waals surface area contributed by atoms with Gasteiger partial charge in [0, 0.05) is 11.4 Å². The molecule has 1 aromatic carbocycles. The first-order valence-electron chi connectivity index (χ1n) is 10.2. The van der Waals surface area contributed by atoms with Gasteiger partial charge in [0.2, 0.25) is 15.9 Å². The van der Waals surface area contributed by atoms with Gasteiger partial charge in [0.15, 0.2) is 0 Å². The fourth-order valence-electron chi connectivity index (χ4n) is 4.13. The lowest BCUT2D eigenvalue weighted by atomic mass is 10.1. The second-order valence-electron chi connectivity index (χ2n) is 7.93. The monoisotopic (exact) mass is 481 g/mol. The van der Waals surface area contributed by atoms with Crippen molar-refractivity contribution >= 4 is 50.5 Å². The number of carbonyl (C=O) groups excluding carboxylic acids is 2. The topological polar surface area (TPSA) is 86.8 Å². The fraction of sp³-hybridized carbons (Fsp3) is 0.429. The van der Waals surface area contributed by atoms with Crippen molar-refractivity contribution in [1.29, 1.82) is 0 Å². The highest BCUT2D eigenvalue weighted by atomic mass is 35.5. The van der Waals surface area contributed by atoms with E-state index >= 15 is 0 Å². The molecule has 3 heterocycles. The largest absolute Gasteiger partial charge is 0.350 e. The predicted molar refractivity (Wildman–Crippen MR) is 122 cm³/mol. The quantitative estimate of drug-likeness (QED) is 0.684. The second-order valence-corrected chi connectivity index (χ2v) is 11.2. The van der Waals surface area contributed by atoms with Crippen LogP contribution in [0, 0.1) is 5.92 Å². The third-order valence-electron chi connectivity index (χ3n) is 5.70. The Morgan fingerprint density at radius 2 is 2.03 bits per heavy atom. The van der Waals surface area contributed by atoms with Crippen molar-refractivity contribution in [2.45, 2.75) is 25.8 Å². The number of halogens is 1. The van der Waals surface area contributed by atoms with Crippen LogP contribution in [-0.4, -0.2) is 50.5 Å². The van der Waals surface area contributed by atoms with Gasteiger partial charge >= 0.3 is 0 Å². The summed E-state index contributed by atoms with van der Waals surface area (Å²) in [5.41, 5.74) is 0.401. The number of sulfonamides is 1. The van der Waals surface area contributed by atoms with E-state index in [1.54, 1.807) is 18.3 Å². The van der Waals surface area contributed by atoms with Gasteiger partial charge in [-0.3, -0.25) is 14.5 Å². The number of amides is 2. The Bertz CT molecular complexity index is 1080. The maximum absolute atomic E-state index is 12.8. The van der Waals surface area contributed by atoms with Crippen molar-refractivity contribution in [3.63, 3.8) is 0 Å². The minimum Gasteiger partial charge on any atom is -0.350 e. The fourth-order valence-corrected chi connectivity index (χ4v) is 7.06. The van der Waals surface area contributed by atoms with E-state index in [0.717, 1.165) is 30.2 Å². The number of nitrogens with zero attached hydrogens (tertiary/aromatic N) is 2. The third kappa shape index (κ3) is 4.50. The van der Waals surface area contributed by atoms with E-state index in [9.17, 15) is 18.0 Å². The minimum atomic E-state index is -3.72. The summed E-state index contributed by atoms with van der Waals surface area (Å²) < 4.78 is 25.4. The summed E-state index contributed by atoms with van der Waals surface area (Å²) >= 11 is 7.99. The van der Waals surface area contributed by atoms with E-state index in [2.05, 4.69) is 16.3 Å². The molecule has 2 atom stereocenters. The predicted octanol–water partition coefficient (Wildman–Crippen LogP) is 3.28. The lowest BCUT2D eigenvalue weighted by Crippen LogP contribution is -2.36. The maximum Gasteiger partial charge on any atom is 0.252 e. The molecule has 0 saturated carbocycles. The van der Waals surface area contributed by atoms with Crippen LogP contribution in [0.25, 0.3) is 0 Å². The van der Waals surface area contributed by atoms with Crippen molar-refractivity contribution < 1.29 is 18.0 Å². The van der Waals surface area contributed by atoms with Crippen LogP contribution in [-0.2, 0) is 14.8 Å². The highest BCUT2D eigenvalue weighted by Gasteiger charge is 2.42. The van der Waals surface area contributed by atoms with Crippen molar-refractivity contribution in [3.05, 3.63) is 51.2 Å². The molecule has 0 spiro atoms. The van der Waals surface area contributed by atoms with E-state index in [4.69, 9.17) is 11.6 Å². The van der Waals surface area contributed by atoms with Gasteiger partial charge in [-0.1, -0.05) is 24.6 Å². The number of rotatable bonds is 6. The third-order valence-corrected chi connectivity index (χ3v) is 8.86. The van der Waals surface area contributed by atoms with E-state index in [1.807, 2.05) is 11.4 Å². The van der Waals surface area contributed by atoms with E-state index < -0.39 is 21.8 Å². The molecule has 1 N–H and O–H groups in total. The zero-order valence-electron chi connectivity index (χ0n) is 17.1. The molecule has 10 heteroatoms. The molecule has 2 aliphatic heterocycles. The zero-order valence-corrected chi connectivity index (χ0v) is 19.5. The van der Waals surface area contributed by atoms with Crippen LogP contribution in [0.5, 0.6) is 0 Å². The Morgan fingerprint density at radius 3 is 2.61 bits per heavy atom. The average Bonchev–Trinajstić information content (AvgIpc) is 3.45. The molecule has 0 radical (unpaired) electrons. The number of benzene rings is 1. The van der Waals surface area contributed by atoms with Crippen LogP contribution in [0.2, 0.25) is 5.02 Å². The summed E-state index contributed by atoms with van der Waals surface area (Å²) in [6, 6.07) is 8.48. The van der Waals surface area contributed by atoms with Crippen LogP contribution in [0.15, 0.2) is 35.7 Å². The van der Waals surface area contributed by atoms with Gasteiger partial charge in [-0.2, -0.15) is 0 Å². The zero-order chi connectivity index (χ0) is 22.2.